The predicted octanol–water partition coefficient (Wildman–Crippen LogP) is 5.12. The molecule has 8 nitrogen and oxygen atoms in total. The van der Waals surface area contributed by atoms with Gasteiger partial charge in [0.05, 0.1) is 11.5 Å². The van der Waals surface area contributed by atoms with E-state index in [1.807, 2.05) is 13.0 Å². The second-order valence-electron chi connectivity index (χ2n) is 6.87. The summed E-state index contributed by atoms with van der Waals surface area (Å²) < 4.78 is 11.1. The van der Waals surface area contributed by atoms with Crippen molar-refractivity contribution in [3.8, 4) is 17.6 Å². The maximum atomic E-state index is 12.5. The molecule has 3 aromatic rings. The first-order chi connectivity index (χ1) is 16.0. The van der Waals surface area contributed by atoms with Gasteiger partial charge in [0, 0.05) is 23.9 Å². The topological polar surface area (TPSA) is 114 Å². The number of non-ortho nitro benzene ring substituents is 1. The van der Waals surface area contributed by atoms with Crippen LogP contribution in [0.4, 0.5) is 11.4 Å². The number of nitriles is 1. The third-order valence-corrected chi connectivity index (χ3v) is 4.49. The van der Waals surface area contributed by atoms with Crippen LogP contribution in [-0.2, 0) is 11.4 Å². The fraction of sp³-hybridized carbons (Fsp3) is 0.120. The van der Waals surface area contributed by atoms with E-state index in [9.17, 15) is 20.2 Å². The first kappa shape index (κ1) is 23.0. The van der Waals surface area contributed by atoms with Gasteiger partial charge in [0.25, 0.3) is 11.6 Å². The Kier molecular flexibility index (Phi) is 7.76. The Morgan fingerprint density at radius 2 is 1.82 bits per heavy atom. The van der Waals surface area contributed by atoms with Gasteiger partial charge in [-0.15, -0.1) is 0 Å². The van der Waals surface area contributed by atoms with Crippen molar-refractivity contribution in [3.63, 3.8) is 0 Å². The molecule has 0 radical (unpaired) electrons. The van der Waals surface area contributed by atoms with E-state index in [1.54, 1.807) is 60.7 Å². The minimum absolute atomic E-state index is 0.00325. The molecule has 1 N–H and O–H groups in total. The zero-order chi connectivity index (χ0) is 23.6. The molecule has 0 aliphatic heterocycles. The van der Waals surface area contributed by atoms with Crippen LogP contribution in [0.1, 0.15) is 18.1 Å². The Morgan fingerprint density at radius 1 is 1.06 bits per heavy atom. The molecule has 33 heavy (non-hydrogen) atoms. The lowest BCUT2D eigenvalue weighted by Gasteiger charge is -2.08. The van der Waals surface area contributed by atoms with Crippen molar-refractivity contribution in [2.75, 3.05) is 11.9 Å². The van der Waals surface area contributed by atoms with Gasteiger partial charge in [-0.2, -0.15) is 5.26 Å². The fourth-order valence-electron chi connectivity index (χ4n) is 2.93. The van der Waals surface area contributed by atoms with Crippen molar-refractivity contribution < 1.29 is 19.2 Å². The minimum Gasteiger partial charge on any atom is -0.494 e. The minimum atomic E-state index is -0.530. The summed E-state index contributed by atoms with van der Waals surface area (Å²) in [5.41, 5.74) is 1.79. The third kappa shape index (κ3) is 6.67. The molecule has 0 saturated heterocycles. The molecule has 0 bridgehead atoms. The first-order valence-corrected chi connectivity index (χ1v) is 10.1. The monoisotopic (exact) mass is 443 g/mol. The lowest BCUT2D eigenvalue weighted by molar-refractivity contribution is -0.384. The van der Waals surface area contributed by atoms with Gasteiger partial charge < -0.3 is 14.8 Å². The number of hydrogen-bond donors (Lipinski definition) is 1. The molecule has 0 fully saturated rings. The molecule has 1 amide bonds. The number of nitro groups is 1. The molecule has 3 aromatic carbocycles. The number of amides is 1. The van der Waals surface area contributed by atoms with Crippen molar-refractivity contribution in [2.45, 2.75) is 13.5 Å². The molecule has 0 aromatic heterocycles. The molecule has 0 aliphatic rings. The number of hydrogen-bond acceptors (Lipinski definition) is 6. The summed E-state index contributed by atoms with van der Waals surface area (Å²) >= 11 is 0. The Labute approximate surface area is 190 Å². The number of rotatable bonds is 9. The van der Waals surface area contributed by atoms with Crippen molar-refractivity contribution in [2.24, 2.45) is 0 Å². The Bertz CT molecular complexity index is 1210. The summed E-state index contributed by atoms with van der Waals surface area (Å²) in [4.78, 5) is 22.9. The number of benzene rings is 3. The van der Waals surface area contributed by atoms with Gasteiger partial charge in [-0.1, -0.05) is 30.3 Å². The van der Waals surface area contributed by atoms with Crippen LogP contribution in [0.2, 0.25) is 0 Å². The Morgan fingerprint density at radius 3 is 2.52 bits per heavy atom. The molecule has 0 saturated carbocycles. The standard InChI is InChI=1S/C25H21N3O5/c1-2-32-24-8-4-6-21(15-24)27-25(29)20(16-26)13-18-9-11-23(12-10-18)33-17-19-5-3-7-22(14-19)28(30)31/h3-15H,2,17H2,1H3,(H,27,29)/b20-13-. The number of nitro benzene ring substituents is 1. The van der Waals surface area contributed by atoms with Crippen LogP contribution in [0.5, 0.6) is 11.5 Å². The van der Waals surface area contributed by atoms with Crippen LogP contribution in [0.3, 0.4) is 0 Å². The quantitative estimate of drug-likeness (QED) is 0.212. The number of carbonyl (C=O) groups is 1. The average molecular weight is 443 g/mol. The third-order valence-electron chi connectivity index (χ3n) is 4.49. The molecule has 3 rings (SSSR count). The zero-order valence-electron chi connectivity index (χ0n) is 17.9. The van der Waals surface area contributed by atoms with Crippen molar-refractivity contribution in [1.82, 2.24) is 0 Å². The number of carbonyl (C=O) groups excluding carboxylic acids is 1. The SMILES string of the molecule is CCOc1cccc(NC(=O)/C(C#N)=C\c2ccc(OCc3cccc([N+](=O)[O-])c3)cc2)c1. The molecule has 0 heterocycles. The van der Waals surface area contributed by atoms with Gasteiger partial charge in [-0.05, 0) is 48.4 Å². The lowest BCUT2D eigenvalue weighted by Crippen LogP contribution is -2.13. The van der Waals surface area contributed by atoms with E-state index in [-0.39, 0.29) is 17.9 Å². The molecular weight excluding hydrogens is 422 g/mol. The van der Waals surface area contributed by atoms with E-state index >= 15 is 0 Å². The van der Waals surface area contributed by atoms with Crippen LogP contribution in [0.25, 0.3) is 6.08 Å². The highest BCUT2D eigenvalue weighted by molar-refractivity contribution is 6.09. The van der Waals surface area contributed by atoms with Crippen LogP contribution >= 0.6 is 0 Å². The highest BCUT2D eigenvalue weighted by Crippen LogP contribution is 2.20. The van der Waals surface area contributed by atoms with E-state index in [0.717, 1.165) is 0 Å². The number of ether oxygens (including phenoxy) is 2. The molecule has 8 heteroatoms. The molecule has 0 unspecified atom stereocenters. The first-order valence-electron chi connectivity index (χ1n) is 10.1. The predicted molar refractivity (Wildman–Crippen MR) is 124 cm³/mol. The summed E-state index contributed by atoms with van der Waals surface area (Å²) in [7, 11) is 0. The average Bonchev–Trinajstić information content (AvgIpc) is 2.82. The summed E-state index contributed by atoms with van der Waals surface area (Å²) in [6.07, 6.45) is 1.48. The highest BCUT2D eigenvalue weighted by atomic mass is 16.6. The summed E-state index contributed by atoms with van der Waals surface area (Å²) in [5.74, 6) is 0.644. The Balaban J connectivity index is 1.64. The van der Waals surface area contributed by atoms with Gasteiger partial charge in [-0.3, -0.25) is 14.9 Å². The number of anilines is 1. The lowest BCUT2D eigenvalue weighted by atomic mass is 10.1. The second-order valence-corrected chi connectivity index (χ2v) is 6.87. The molecule has 166 valence electrons. The molecule has 0 spiro atoms. The van der Waals surface area contributed by atoms with E-state index in [2.05, 4.69) is 5.32 Å². The van der Waals surface area contributed by atoms with Crippen molar-refractivity contribution >= 4 is 23.4 Å². The number of nitrogens with one attached hydrogen (secondary N) is 1. The van der Waals surface area contributed by atoms with Crippen LogP contribution in [0, 0.1) is 21.4 Å². The highest BCUT2D eigenvalue weighted by Gasteiger charge is 2.10. The summed E-state index contributed by atoms with van der Waals surface area (Å²) in [6, 6.07) is 21.9. The summed E-state index contributed by atoms with van der Waals surface area (Å²) in [6.45, 7) is 2.54. The van der Waals surface area contributed by atoms with E-state index in [1.165, 1.54) is 18.2 Å². The van der Waals surface area contributed by atoms with E-state index in [0.29, 0.717) is 34.9 Å². The largest absolute Gasteiger partial charge is 0.494 e. The summed E-state index contributed by atoms with van der Waals surface area (Å²) in [5, 5.41) is 23.0. The molecular formula is C25H21N3O5. The van der Waals surface area contributed by atoms with E-state index < -0.39 is 10.8 Å². The maximum Gasteiger partial charge on any atom is 0.269 e. The molecule has 0 atom stereocenters. The van der Waals surface area contributed by atoms with Gasteiger partial charge in [0.2, 0.25) is 0 Å². The van der Waals surface area contributed by atoms with E-state index in [4.69, 9.17) is 9.47 Å². The zero-order valence-corrected chi connectivity index (χ0v) is 17.9. The fourth-order valence-corrected chi connectivity index (χ4v) is 2.93. The molecule has 0 aliphatic carbocycles. The number of nitrogens with zero attached hydrogens (tertiary/aromatic N) is 2. The van der Waals surface area contributed by atoms with Gasteiger partial charge >= 0.3 is 0 Å². The van der Waals surface area contributed by atoms with Crippen molar-refractivity contribution in [1.29, 1.82) is 5.26 Å². The van der Waals surface area contributed by atoms with Crippen LogP contribution < -0.4 is 14.8 Å². The van der Waals surface area contributed by atoms with Gasteiger partial charge in [-0.25, -0.2) is 0 Å². The smallest absolute Gasteiger partial charge is 0.269 e. The van der Waals surface area contributed by atoms with Gasteiger partial charge in [0.15, 0.2) is 0 Å². The maximum absolute atomic E-state index is 12.5. The van der Waals surface area contributed by atoms with Gasteiger partial charge in [0.1, 0.15) is 29.7 Å². The van der Waals surface area contributed by atoms with Crippen LogP contribution in [0.15, 0.2) is 78.4 Å². The Hall–Kier alpha value is -4.64. The van der Waals surface area contributed by atoms with Crippen molar-refractivity contribution in [3.05, 3.63) is 99.6 Å². The second kappa shape index (κ2) is 11.1. The van der Waals surface area contributed by atoms with Crippen LogP contribution in [-0.4, -0.2) is 17.4 Å². The normalized spacial score (nSPS) is 10.7.